The zero-order valence-electron chi connectivity index (χ0n) is 8.82. The van der Waals surface area contributed by atoms with Gasteiger partial charge in [-0.25, -0.2) is 0 Å². The van der Waals surface area contributed by atoms with Crippen molar-refractivity contribution >= 4 is 23.3 Å². The Morgan fingerprint density at radius 1 is 1.53 bits per heavy atom. The third-order valence-corrected chi connectivity index (χ3v) is 3.26. The molecule has 0 radical (unpaired) electrons. The molecule has 0 aromatic rings. The monoisotopic (exact) mass is 261 g/mol. The highest BCUT2D eigenvalue weighted by Gasteiger charge is 2.46. The smallest absolute Gasteiger partial charge is 0.236 e. The number of aliphatic hydroxyl groups is 2. The van der Waals surface area contributed by atoms with Crippen LogP contribution in [0.15, 0.2) is 12.3 Å². The molecule has 1 saturated heterocycles. The number of nitrogens with zero attached hydrogens (tertiary/aromatic N) is 1. The van der Waals surface area contributed by atoms with Gasteiger partial charge in [0, 0.05) is 6.20 Å². The van der Waals surface area contributed by atoms with Gasteiger partial charge in [0.25, 0.3) is 0 Å². The molecule has 2 rings (SSSR count). The molecular weight excluding hydrogens is 250 g/mol. The minimum atomic E-state index is -1.05. The van der Waals surface area contributed by atoms with Crippen molar-refractivity contribution in [3.8, 4) is 0 Å². The summed E-state index contributed by atoms with van der Waals surface area (Å²) in [5.41, 5.74) is 0. The van der Waals surface area contributed by atoms with Crippen LogP contribution in [-0.4, -0.2) is 57.2 Å². The van der Waals surface area contributed by atoms with Crippen LogP contribution in [0.4, 0.5) is 0 Å². The van der Waals surface area contributed by atoms with E-state index in [9.17, 15) is 14.7 Å². The summed E-state index contributed by atoms with van der Waals surface area (Å²) in [5, 5.41) is 17.8. The Hall–Kier alpha value is -0.950. The van der Waals surface area contributed by atoms with Crippen LogP contribution in [0.2, 0.25) is 0 Å². The van der Waals surface area contributed by atoms with Crippen molar-refractivity contribution < 1.29 is 24.5 Å². The Balaban J connectivity index is 2.16. The largest absolute Gasteiger partial charge is 0.394 e. The highest BCUT2D eigenvalue weighted by Crippen LogP contribution is 2.29. The van der Waals surface area contributed by atoms with E-state index in [4.69, 9.17) is 21.4 Å². The molecule has 2 aliphatic rings. The molecule has 4 atom stereocenters. The maximum absolute atomic E-state index is 11.6. The molecule has 0 spiro atoms. The molecule has 1 amide bonds. The van der Waals surface area contributed by atoms with Gasteiger partial charge in [0.05, 0.1) is 13.0 Å². The number of allylic oxidation sites excluding steroid dienone is 1. The summed E-state index contributed by atoms with van der Waals surface area (Å²) >= 11 is 5.94. The Morgan fingerprint density at radius 2 is 2.24 bits per heavy atom. The lowest BCUT2D eigenvalue weighted by Gasteiger charge is -2.28. The predicted molar refractivity (Wildman–Crippen MR) is 57.0 cm³/mol. The standard InChI is InChI=1S/C10H12ClNO5/c11-8-9(16)6(4-13)17-10(8)12-2-1-5(14)3-7(12)15/h1-2,6,8-10,13,16H,3-4H2/t6-,8-,9-,10-/m1/s1. The third kappa shape index (κ3) is 2.21. The number of carbonyl (C=O) groups is 2. The molecule has 0 aliphatic carbocycles. The average Bonchev–Trinajstić information content (AvgIpc) is 2.57. The zero-order valence-corrected chi connectivity index (χ0v) is 9.58. The minimum Gasteiger partial charge on any atom is -0.394 e. The van der Waals surface area contributed by atoms with Gasteiger partial charge >= 0.3 is 0 Å². The summed E-state index contributed by atoms with van der Waals surface area (Å²) in [5.74, 6) is -0.714. The Labute approximate surface area is 102 Å². The fraction of sp³-hybridized carbons (Fsp3) is 0.600. The lowest BCUT2D eigenvalue weighted by atomic mass is 10.1. The molecule has 1 fully saturated rings. The van der Waals surface area contributed by atoms with Crippen molar-refractivity contribution in [3.05, 3.63) is 12.3 Å². The van der Waals surface area contributed by atoms with E-state index in [1.807, 2.05) is 0 Å². The molecule has 2 aliphatic heterocycles. The van der Waals surface area contributed by atoms with E-state index >= 15 is 0 Å². The molecule has 6 nitrogen and oxygen atoms in total. The molecule has 2 heterocycles. The van der Waals surface area contributed by atoms with Gasteiger partial charge in [0.2, 0.25) is 5.91 Å². The SMILES string of the molecule is O=C1C=CN([C@@H]2O[C@H](CO)[C@@H](O)[C@H]2Cl)C(=O)C1. The highest BCUT2D eigenvalue weighted by molar-refractivity contribution is 6.21. The highest BCUT2D eigenvalue weighted by atomic mass is 35.5. The summed E-state index contributed by atoms with van der Waals surface area (Å²) in [6.07, 6.45) is -0.416. The predicted octanol–water partition coefficient (Wildman–Crippen LogP) is -1.01. The normalized spacial score (nSPS) is 37.9. The summed E-state index contributed by atoms with van der Waals surface area (Å²) in [6, 6.07) is 0. The summed E-state index contributed by atoms with van der Waals surface area (Å²) in [7, 11) is 0. The maximum atomic E-state index is 11.6. The molecule has 0 unspecified atom stereocenters. The van der Waals surface area contributed by atoms with Crippen LogP contribution in [0.3, 0.4) is 0 Å². The first-order valence-corrected chi connectivity index (χ1v) is 5.59. The van der Waals surface area contributed by atoms with E-state index in [1.54, 1.807) is 0 Å². The molecule has 0 aromatic carbocycles. The molecule has 0 aromatic heterocycles. The number of halogens is 1. The number of hydrogen-bond donors (Lipinski definition) is 2. The average molecular weight is 262 g/mol. The van der Waals surface area contributed by atoms with Crippen LogP contribution in [0.25, 0.3) is 0 Å². The van der Waals surface area contributed by atoms with Crippen molar-refractivity contribution in [1.82, 2.24) is 4.90 Å². The van der Waals surface area contributed by atoms with E-state index < -0.39 is 29.7 Å². The van der Waals surface area contributed by atoms with Crippen molar-refractivity contribution in [2.24, 2.45) is 0 Å². The number of carbonyl (C=O) groups excluding carboxylic acids is 2. The molecule has 7 heteroatoms. The van der Waals surface area contributed by atoms with Gasteiger partial charge < -0.3 is 14.9 Å². The molecule has 0 bridgehead atoms. The zero-order chi connectivity index (χ0) is 12.6. The molecule has 2 N–H and O–H groups in total. The van der Waals surface area contributed by atoms with Crippen LogP contribution < -0.4 is 0 Å². The van der Waals surface area contributed by atoms with Gasteiger partial charge in [-0.1, -0.05) is 0 Å². The van der Waals surface area contributed by atoms with E-state index in [2.05, 4.69) is 0 Å². The van der Waals surface area contributed by atoms with E-state index in [0.29, 0.717) is 0 Å². The molecular formula is C10H12ClNO5. The van der Waals surface area contributed by atoms with Gasteiger partial charge in [0.15, 0.2) is 12.0 Å². The van der Waals surface area contributed by atoms with Crippen LogP contribution in [-0.2, 0) is 14.3 Å². The van der Waals surface area contributed by atoms with Crippen LogP contribution >= 0.6 is 11.6 Å². The van der Waals surface area contributed by atoms with E-state index in [0.717, 1.165) is 0 Å². The van der Waals surface area contributed by atoms with Gasteiger partial charge in [-0.2, -0.15) is 0 Å². The number of hydrogen-bond acceptors (Lipinski definition) is 5. The first-order chi connectivity index (χ1) is 8.04. The van der Waals surface area contributed by atoms with Crippen LogP contribution in [0.5, 0.6) is 0 Å². The van der Waals surface area contributed by atoms with Crippen molar-refractivity contribution in [2.45, 2.75) is 30.2 Å². The number of ketones is 1. The van der Waals surface area contributed by atoms with E-state index in [1.165, 1.54) is 17.2 Å². The maximum Gasteiger partial charge on any atom is 0.236 e. The van der Waals surface area contributed by atoms with Crippen LogP contribution in [0.1, 0.15) is 6.42 Å². The summed E-state index contributed by atoms with van der Waals surface area (Å²) < 4.78 is 5.29. The van der Waals surface area contributed by atoms with Crippen molar-refractivity contribution in [2.75, 3.05) is 6.61 Å². The second kappa shape index (κ2) is 4.73. The van der Waals surface area contributed by atoms with Gasteiger partial charge in [0.1, 0.15) is 17.6 Å². The number of rotatable bonds is 2. The van der Waals surface area contributed by atoms with Gasteiger partial charge in [-0.05, 0) is 6.08 Å². The number of alkyl halides is 1. The van der Waals surface area contributed by atoms with E-state index in [-0.39, 0.29) is 18.8 Å². The first kappa shape index (κ1) is 12.5. The number of aliphatic hydroxyl groups excluding tert-OH is 2. The van der Waals surface area contributed by atoms with Gasteiger partial charge in [-0.3, -0.25) is 14.5 Å². The number of amides is 1. The first-order valence-electron chi connectivity index (χ1n) is 5.15. The quantitative estimate of drug-likeness (QED) is 0.491. The Kier molecular flexibility index (Phi) is 3.48. The lowest BCUT2D eigenvalue weighted by Crippen LogP contribution is -2.44. The lowest BCUT2D eigenvalue weighted by molar-refractivity contribution is -0.144. The molecule has 17 heavy (non-hydrogen) atoms. The van der Waals surface area contributed by atoms with Crippen molar-refractivity contribution in [3.63, 3.8) is 0 Å². The number of ether oxygens (including phenoxy) is 1. The topological polar surface area (TPSA) is 87.1 Å². The molecule has 94 valence electrons. The Bertz CT molecular complexity index is 372. The van der Waals surface area contributed by atoms with Crippen molar-refractivity contribution in [1.29, 1.82) is 0 Å². The second-order valence-electron chi connectivity index (χ2n) is 3.94. The fourth-order valence-electron chi connectivity index (χ4n) is 1.85. The summed E-state index contributed by atoms with van der Waals surface area (Å²) in [4.78, 5) is 23.8. The molecule has 0 saturated carbocycles. The minimum absolute atomic E-state index is 0.236. The Morgan fingerprint density at radius 3 is 2.76 bits per heavy atom. The summed E-state index contributed by atoms with van der Waals surface area (Å²) in [6.45, 7) is -0.383. The second-order valence-corrected chi connectivity index (χ2v) is 4.45. The third-order valence-electron chi connectivity index (χ3n) is 2.78. The van der Waals surface area contributed by atoms with Gasteiger partial charge in [-0.15, -0.1) is 11.6 Å². The van der Waals surface area contributed by atoms with Crippen LogP contribution in [0, 0.1) is 0 Å². The fourth-order valence-corrected chi connectivity index (χ4v) is 2.19.